The second-order valence-corrected chi connectivity index (χ2v) is 8.78. The van der Waals surface area contributed by atoms with E-state index in [9.17, 15) is 13.6 Å². The Labute approximate surface area is 190 Å². The number of carbonyl (C=O) groups is 1. The molecule has 2 heterocycles. The highest BCUT2D eigenvalue weighted by Crippen LogP contribution is 2.28. The lowest BCUT2D eigenvalue weighted by atomic mass is 10.2. The summed E-state index contributed by atoms with van der Waals surface area (Å²) >= 11 is 2.39. The van der Waals surface area contributed by atoms with Crippen molar-refractivity contribution in [2.24, 2.45) is 0 Å². The van der Waals surface area contributed by atoms with Gasteiger partial charge in [0.25, 0.3) is 0 Å². The fourth-order valence-electron chi connectivity index (χ4n) is 2.71. The zero-order chi connectivity index (χ0) is 22.7. The zero-order valence-corrected chi connectivity index (χ0v) is 18.6. The van der Waals surface area contributed by atoms with Crippen LogP contribution in [0.5, 0.6) is 5.75 Å². The van der Waals surface area contributed by atoms with Gasteiger partial charge in [-0.15, -0.1) is 16.4 Å². The number of nitrogens with zero attached hydrogens (tertiary/aromatic N) is 3. The monoisotopic (exact) mass is 473 g/mol. The van der Waals surface area contributed by atoms with Crippen molar-refractivity contribution in [3.05, 3.63) is 59.5 Å². The molecule has 0 radical (unpaired) electrons. The van der Waals surface area contributed by atoms with Crippen molar-refractivity contribution in [1.82, 2.24) is 20.2 Å². The minimum atomic E-state index is -0.952. The SMILES string of the molecule is COc1ccc(-c2nc(SC(C)C(=O)Nc3nc(-c4ccc(F)c(F)c4)cs3)n[nH]2)cc1. The Morgan fingerprint density at radius 3 is 2.59 bits per heavy atom. The Morgan fingerprint density at radius 2 is 1.88 bits per heavy atom. The summed E-state index contributed by atoms with van der Waals surface area (Å²) in [6.07, 6.45) is 0. The van der Waals surface area contributed by atoms with Crippen LogP contribution in [0.15, 0.2) is 53.0 Å². The van der Waals surface area contributed by atoms with E-state index in [0.717, 1.165) is 23.4 Å². The fourth-order valence-corrected chi connectivity index (χ4v) is 4.16. The molecule has 2 N–H and O–H groups in total. The van der Waals surface area contributed by atoms with Crippen LogP contribution in [0.4, 0.5) is 13.9 Å². The average molecular weight is 474 g/mol. The first-order valence-corrected chi connectivity index (χ1v) is 11.1. The number of hydrogen-bond donors (Lipinski definition) is 2. The molecule has 7 nitrogen and oxygen atoms in total. The van der Waals surface area contributed by atoms with Gasteiger partial charge in [0.1, 0.15) is 5.75 Å². The number of ether oxygens (including phenoxy) is 1. The lowest BCUT2D eigenvalue weighted by molar-refractivity contribution is -0.115. The van der Waals surface area contributed by atoms with Crippen LogP contribution in [0.3, 0.4) is 0 Å². The van der Waals surface area contributed by atoms with E-state index in [1.165, 1.54) is 29.2 Å². The molecule has 0 aliphatic heterocycles. The van der Waals surface area contributed by atoms with Crippen LogP contribution in [0.1, 0.15) is 6.92 Å². The fraction of sp³-hybridized carbons (Fsp3) is 0.143. The number of amides is 1. The average Bonchev–Trinajstić information content (AvgIpc) is 3.45. The van der Waals surface area contributed by atoms with E-state index in [0.29, 0.717) is 27.4 Å². The van der Waals surface area contributed by atoms with Crippen LogP contribution < -0.4 is 10.1 Å². The molecule has 0 bridgehead atoms. The Bertz CT molecular complexity index is 1240. The number of hydrogen-bond acceptors (Lipinski definition) is 7. The highest BCUT2D eigenvalue weighted by molar-refractivity contribution is 8.00. The maximum absolute atomic E-state index is 13.4. The van der Waals surface area contributed by atoms with E-state index < -0.39 is 16.9 Å². The predicted octanol–water partition coefficient (Wildman–Crippen LogP) is 5.00. The van der Waals surface area contributed by atoms with Gasteiger partial charge in [-0.1, -0.05) is 11.8 Å². The third kappa shape index (κ3) is 4.94. The third-order valence-corrected chi connectivity index (χ3v) is 6.15. The van der Waals surface area contributed by atoms with Crippen LogP contribution in [-0.4, -0.2) is 38.4 Å². The predicted molar refractivity (Wildman–Crippen MR) is 120 cm³/mol. The molecule has 1 amide bonds. The molecule has 0 saturated carbocycles. The molecule has 1 unspecified atom stereocenters. The number of carbonyl (C=O) groups excluding carboxylic acids is 1. The van der Waals surface area contributed by atoms with E-state index in [-0.39, 0.29) is 5.91 Å². The maximum Gasteiger partial charge on any atom is 0.239 e. The quantitative estimate of drug-likeness (QED) is 0.367. The minimum Gasteiger partial charge on any atom is -0.497 e. The minimum absolute atomic E-state index is 0.281. The number of H-pyrrole nitrogens is 1. The first-order chi connectivity index (χ1) is 15.4. The summed E-state index contributed by atoms with van der Waals surface area (Å²) in [5.41, 5.74) is 1.72. The molecule has 11 heteroatoms. The molecule has 0 fully saturated rings. The van der Waals surface area contributed by atoms with Crippen LogP contribution in [0.2, 0.25) is 0 Å². The largest absolute Gasteiger partial charge is 0.497 e. The molecule has 2 aromatic carbocycles. The van der Waals surface area contributed by atoms with Gasteiger partial charge in [0, 0.05) is 16.5 Å². The summed E-state index contributed by atoms with van der Waals surface area (Å²) in [5.74, 6) is -0.837. The van der Waals surface area contributed by atoms with Crippen molar-refractivity contribution in [2.45, 2.75) is 17.3 Å². The van der Waals surface area contributed by atoms with E-state index in [1.54, 1.807) is 19.4 Å². The first-order valence-electron chi connectivity index (χ1n) is 9.38. The van der Waals surface area contributed by atoms with E-state index in [4.69, 9.17) is 4.74 Å². The molecule has 164 valence electrons. The Balaban J connectivity index is 1.38. The summed E-state index contributed by atoms with van der Waals surface area (Å²) in [7, 11) is 1.60. The summed E-state index contributed by atoms with van der Waals surface area (Å²) in [6, 6.07) is 10.9. The van der Waals surface area contributed by atoms with Gasteiger partial charge in [0.05, 0.1) is 18.1 Å². The molecule has 32 heavy (non-hydrogen) atoms. The summed E-state index contributed by atoms with van der Waals surface area (Å²) < 4.78 is 31.7. The van der Waals surface area contributed by atoms with Crippen LogP contribution in [0.25, 0.3) is 22.6 Å². The molecular weight excluding hydrogens is 456 g/mol. The van der Waals surface area contributed by atoms with Gasteiger partial charge < -0.3 is 10.1 Å². The van der Waals surface area contributed by atoms with Gasteiger partial charge in [-0.2, -0.15) is 0 Å². The number of benzene rings is 2. The van der Waals surface area contributed by atoms with E-state index >= 15 is 0 Å². The molecule has 0 aliphatic carbocycles. The maximum atomic E-state index is 13.4. The number of thioether (sulfide) groups is 1. The van der Waals surface area contributed by atoms with Crippen molar-refractivity contribution < 1.29 is 18.3 Å². The number of aromatic nitrogens is 4. The van der Waals surface area contributed by atoms with Gasteiger partial charge in [-0.3, -0.25) is 9.89 Å². The zero-order valence-electron chi connectivity index (χ0n) is 16.9. The van der Waals surface area contributed by atoms with Crippen molar-refractivity contribution in [2.75, 3.05) is 12.4 Å². The lowest BCUT2D eigenvalue weighted by Crippen LogP contribution is -2.22. The molecular formula is C21H17F2N5O2S2. The molecule has 2 aromatic heterocycles. The summed E-state index contributed by atoms with van der Waals surface area (Å²) in [5, 5.41) is 11.7. The van der Waals surface area contributed by atoms with Gasteiger partial charge in [0.2, 0.25) is 11.1 Å². The number of methoxy groups -OCH3 is 1. The normalized spacial score (nSPS) is 11.9. The van der Waals surface area contributed by atoms with Crippen molar-refractivity contribution in [3.63, 3.8) is 0 Å². The van der Waals surface area contributed by atoms with E-state index in [2.05, 4.69) is 25.5 Å². The van der Waals surface area contributed by atoms with Gasteiger partial charge >= 0.3 is 0 Å². The summed E-state index contributed by atoms with van der Waals surface area (Å²) in [6.45, 7) is 1.73. The van der Waals surface area contributed by atoms with Gasteiger partial charge in [-0.05, 0) is 49.4 Å². The van der Waals surface area contributed by atoms with Crippen molar-refractivity contribution in [1.29, 1.82) is 0 Å². The number of nitrogens with one attached hydrogen (secondary N) is 2. The molecule has 1 atom stereocenters. The van der Waals surface area contributed by atoms with Crippen molar-refractivity contribution >= 4 is 34.1 Å². The number of rotatable bonds is 7. The molecule has 0 spiro atoms. The highest BCUT2D eigenvalue weighted by Gasteiger charge is 2.19. The number of thiazole rings is 1. The van der Waals surface area contributed by atoms with Crippen molar-refractivity contribution in [3.8, 4) is 28.4 Å². The second-order valence-electron chi connectivity index (χ2n) is 6.61. The molecule has 0 saturated heterocycles. The summed E-state index contributed by atoms with van der Waals surface area (Å²) in [4.78, 5) is 21.3. The Hall–Kier alpha value is -3.31. The van der Waals surface area contributed by atoms with Gasteiger partial charge in [-0.25, -0.2) is 18.7 Å². The first kappa shape index (κ1) is 21.9. The van der Waals surface area contributed by atoms with Crippen LogP contribution in [0, 0.1) is 11.6 Å². The molecule has 4 aromatic rings. The molecule has 4 rings (SSSR count). The Kier molecular flexibility index (Phi) is 6.47. The number of anilines is 1. The van der Waals surface area contributed by atoms with E-state index in [1.807, 2.05) is 24.3 Å². The smallest absolute Gasteiger partial charge is 0.239 e. The standard InChI is InChI=1S/C21H17F2N5O2S2/c1-11(32-21-25-18(27-28-21)12-3-6-14(30-2)7-4-12)19(29)26-20-24-17(10-31-20)13-5-8-15(22)16(23)9-13/h3-11H,1-2H3,(H,24,26,29)(H,25,27,28). The highest BCUT2D eigenvalue weighted by atomic mass is 32.2. The third-order valence-electron chi connectivity index (χ3n) is 4.43. The van der Waals surface area contributed by atoms with Crippen LogP contribution >= 0.6 is 23.1 Å². The molecule has 0 aliphatic rings. The van der Waals surface area contributed by atoms with Gasteiger partial charge in [0.15, 0.2) is 22.6 Å². The lowest BCUT2D eigenvalue weighted by Gasteiger charge is -2.07. The topological polar surface area (TPSA) is 92.8 Å². The Morgan fingerprint density at radius 1 is 1.12 bits per heavy atom. The van der Waals surface area contributed by atoms with Crippen LogP contribution in [-0.2, 0) is 4.79 Å². The number of halogens is 2. The second kappa shape index (κ2) is 9.45. The number of aromatic amines is 1.